The molecule has 1 saturated carbocycles. The van der Waals surface area contributed by atoms with Gasteiger partial charge in [-0.05, 0) is 57.9 Å². The lowest BCUT2D eigenvalue weighted by molar-refractivity contribution is 0.182. The molecule has 140 valence electrons. The lowest BCUT2D eigenvalue weighted by atomic mass is 10.1. The number of ether oxygens (including phenoxy) is 1. The molecular formula is C19H24ClN3O2S. The number of amides is 2. The van der Waals surface area contributed by atoms with Gasteiger partial charge in [0.15, 0.2) is 0 Å². The van der Waals surface area contributed by atoms with E-state index in [4.69, 9.17) is 16.3 Å². The molecule has 7 heteroatoms. The molecule has 2 aromatic rings. The van der Waals surface area contributed by atoms with E-state index in [9.17, 15) is 4.79 Å². The zero-order valence-corrected chi connectivity index (χ0v) is 16.9. The van der Waals surface area contributed by atoms with Crippen LogP contribution in [0.4, 0.5) is 4.79 Å². The van der Waals surface area contributed by atoms with Gasteiger partial charge in [0.1, 0.15) is 17.4 Å². The summed E-state index contributed by atoms with van der Waals surface area (Å²) in [7, 11) is 0. The SMILES string of the molecule is CC(C)(C)NC(=O)N(Cc1csc(COc2ccc(Cl)cc2)n1)C1CC1. The van der Waals surface area contributed by atoms with Gasteiger partial charge in [0.2, 0.25) is 0 Å². The minimum atomic E-state index is -0.246. The zero-order valence-electron chi connectivity index (χ0n) is 15.3. The third kappa shape index (κ3) is 5.61. The third-order valence-corrected chi connectivity index (χ3v) is 4.96. The summed E-state index contributed by atoms with van der Waals surface area (Å²) in [6, 6.07) is 7.57. The number of nitrogens with zero attached hydrogens (tertiary/aromatic N) is 2. The van der Waals surface area contributed by atoms with Gasteiger partial charge in [0, 0.05) is 22.0 Å². The molecule has 1 heterocycles. The first-order chi connectivity index (χ1) is 12.3. The van der Waals surface area contributed by atoms with Crippen molar-refractivity contribution in [3.8, 4) is 5.75 Å². The smallest absolute Gasteiger partial charge is 0.318 e. The van der Waals surface area contributed by atoms with Crippen molar-refractivity contribution >= 4 is 29.0 Å². The molecule has 1 fully saturated rings. The predicted molar refractivity (Wildman–Crippen MR) is 105 cm³/mol. The van der Waals surface area contributed by atoms with Gasteiger partial charge in [0.25, 0.3) is 0 Å². The molecule has 1 N–H and O–H groups in total. The fraction of sp³-hybridized carbons (Fsp3) is 0.474. The van der Waals surface area contributed by atoms with Crippen molar-refractivity contribution in [2.75, 3.05) is 0 Å². The van der Waals surface area contributed by atoms with E-state index in [1.54, 1.807) is 23.5 Å². The number of halogens is 1. The summed E-state index contributed by atoms with van der Waals surface area (Å²) in [4.78, 5) is 19.1. The second-order valence-electron chi connectivity index (χ2n) is 7.51. The summed E-state index contributed by atoms with van der Waals surface area (Å²) in [6.07, 6.45) is 2.13. The first-order valence-electron chi connectivity index (χ1n) is 8.70. The number of urea groups is 1. The molecule has 3 rings (SSSR count). The Kier molecular flexibility index (Phi) is 5.73. The van der Waals surface area contributed by atoms with E-state index in [1.807, 2.05) is 43.2 Å². The van der Waals surface area contributed by atoms with Crippen LogP contribution in [0.3, 0.4) is 0 Å². The molecule has 5 nitrogen and oxygen atoms in total. The van der Waals surface area contributed by atoms with Crippen molar-refractivity contribution in [3.05, 3.63) is 45.4 Å². The van der Waals surface area contributed by atoms with E-state index in [-0.39, 0.29) is 11.6 Å². The second-order valence-corrected chi connectivity index (χ2v) is 8.89. The van der Waals surface area contributed by atoms with Gasteiger partial charge < -0.3 is 15.0 Å². The van der Waals surface area contributed by atoms with Crippen molar-refractivity contribution in [2.24, 2.45) is 0 Å². The molecule has 1 aliphatic carbocycles. The van der Waals surface area contributed by atoms with Crippen LogP contribution in [0.2, 0.25) is 5.02 Å². The normalized spacial score (nSPS) is 14.2. The molecule has 1 aliphatic rings. The third-order valence-electron chi connectivity index (χ3n) is 3.84. The number of nitrogens with one attached hydrogen (secondary N) is 1. The van der Waals surface area contributed by atoms with Gasteiger partial charge in [0.05, 0.1) is 12.2 Å². The van der Waals surface area contributed by atoms with E-state index in [0.29, 0.717) is 24.2 Å². The van der Waals surface area contributed by atoms with Gasteiger partial charge in [-0.2, -0.15) is 0 Å². The van der Waals surface area contributed by atoms with Crippen molar-refractivity contribution in [2.45, 2.75) is 58.3 Å². The summed E-state index contributed by atoms with van der Waals surface area (Å²) in [5, 5.41) is 6.62. The Morgan fingerprint density at radius 2 is 2.04 bits per heavy atom. The lowest BCUT2D eigenvalue weighted by Gasteiger charge is -2.28. The topological polar surface area (TPSA) is 54.5 Å². The van der Waals surface area contributed by atoms with Crippen LogP contribution in [0.15, 0.2) is 29.6 Å². The van der Waals surface area contributed by atoms with Crippen LogP contribution in [0.25, 0.3) is 0 Å². The highest BCUT2D eigenvalue weighted by Crippen LogP contribution is 2.29. The van der Waals surface area contributed by atoms with Crippen LogP contribution in [-0.4, -0.2) is 27.5 Å². The maximum Gasteiger partial charge on any atom is 0.318 e. The average molecular weight is 394 g/mol. The number of aromatic nitrogens is 1. The second kappa shape index (κ2) is 7.84. The molecule has 0 unspecified atom stereocenters. The number of hydrogen-bond donors (Lipinski definition) is 1. The Bertz CT molecular complexity index is 751. The van der Waals surface area contributed by atoms with Crippen LogP contribution in [-0.2, 0) is 13.2 Å². The summed E-state index contributed by atoms with van der Waals surface area (Å²) < 4.78 is 5.73. The molecule has 1 aromatic carbocycles. The minimum absolute atomic E-state index is 0.0213. The highest BCUT2D eigenvalue weighted by atomic mass is 35.5. The predicted octanol–water partition coefficient (Wildman–Crippen LogP) is 4.85. The molecule has 0 spiro atoms. The average Bonchev–Trinajstić information content (AvgIpc) is 3.30. The molecule has 0 radical (unpaired) electrons. The number of carbonyl (C=O) groups excluding carboxylic acids is 1. The maximum atomic E-state index is 12.5. The highest BCUT2D eigenvalue weighted by molar-refractivity contribution is 7.09. The van der Waals surface area contributed by atoms with Gasteiger partial charge in [-0.15, -0.1) is 11.3 Å². The quantitative estimate of drug-likeness (QED) is 0.763. The van der Waals surface area contributed by atoms with Gasteiger partial charge in [-0.25, -0.2) is 9.78 Å². The molecule has 26 heavy (non-hydrogen) atoms. The Hall–Kier alpha value is -1.79. The van der Waals surface area contributed by atoms with Crippen LogP contribution >= 0.6 is 22.9 Å². The fourth-order valence-corrected chi connectivity index (χ4v) is 3.31. The number of rotatable bonds is 6. The first kappa shape index (κ1) is 19.0. The van der Waals surface area contributed by atoms with E-state index < -0.39 is 0 Å². The van der Waals surface area contributed by atoms with Gasteiger partial charge >= 0.3 is 6.03 Å². The Morgan fingerprint density at radius 1 is 1.35 bits per heavy atom. The van der Waals surface area contributed by atoms with E-state index in [2.05, 4.69) is 10.3 Å². The summed E-state index contributed by atoms with van der Waals surface area (Å²) in [6.45, 7) is 6.91. The van der Waals surface area contributed by atoms with Crippen molar-refractivity contribution in [1.82, 2.24) is 15.2 Å². The Morgan fingerprint density at radius 3 is 2.65 bits per heavy atom. The molecule has 0 bridgehead atoms. The molecule has 0 atom stereocenters. The van der Waals surface area contributed by atoms with E-state index >= 15 is 0 Å². The van der Waals surface area contributed by atoms with E-state index in [1.165, 1.54) is 0 Å². The first-order valence-corrected chi connectivity index (χ1v) is 9.96. The number of benzene rings is 1. The van der Waals surface area contributed by atoms with E-state index in [0.717, 1.165) is 29.3 Å². The van der Waals surface area contributed by atoms with Crippen LogP contribution in [0.1, 0.15) is 44.3 Å². The summed E-state index contributed by atoms with van der Waals surface area (Å²) >= 11 is 7.42. The van der Waals surface area contributed by atoms with Gasteiger partial charge in [-0.1, -0.05) is 11.6 Å². The standard InChI is InChI=1S/C19H24ClN3O2S/c1-19(2,3)22-18(24)23(15-6-7-15)10-14-12-26-17(21-14)11-25-16-8-4-13(20)5-9-16/h4-5,8-9,12,15H,6-7,10-11H2,1-3H3,(H,22,24). The largest absolute Gasteiger partial charge is 0.486 e. The lowest BCUT2D eigenvalue weighted by Crippen LogP contribution is -2.49. The van der Waals surface area contributed by atoms with Crippen molar-refractivity contribution in [3.63, 3.8) is 0 Å². The fourth-order valence-electron chi connectivity index (χ4n) is 2.48. The highest BCUT2D eigenvalue weighted by Gasteiger charge is 2.34. The Balaban J connectivity index is 1.57. The molecule has 1 aromatic heterocycles. The molecular weight excluding hydrogens is 370 g/mol. The number of hydrogen-bond acceptors (Lipinski definition) is 4. The van der Waals surface area contributed by atoms with Crippen molar-refractivity contribution in [1.29, 1.82) is 0 Å². The van der Waals surface area contributed by atoms with Crippen molar-refractivity contribution < 1.29 is 9.53 Å². The number of thiazole rings is 1. The zero-order chi connectivity index (χ0) is 18.7. The summed E-state index contributed by atoms with van der Waals surface area (Å²) in [5.41, 5.74) is 0.657. The molecule has 0 saturated heterocycles. The molecule has 2 amide bonds. The van der Waals surface area contributed by atoms with Gasteiger partial charge in [-0.3, -0.25) is 0 Å². The summed E-state index contributed by atoms with van der Waals surface area (Å²) in [5.74, 6) is 0.760. The Labute approximate surface area is 163 Å². The van der Waals surface area contributed by atoms with Crippen LogP contribution in [0.5, 0.6) is 5.75 Å². The van der Waals surface area contributed by atoms with Crippen LogP contribution in [0, 0.1) is 0 Å². The minimum Gasteiger partial charge on any atom is -0.486 e. The number of carbonyl (C=O) groups is 1. The monoisotopic (exact) mass is 393 g/mol. The molecule has 0 aliphatic heterocycles. The van der Waals surface area contributed by atoms with Crippen LogP contribution < -0.4 is 10.1 Å². The maximum absolute atomic E-state index is 12.5.